The molecule has 4 heteroatoms. The van der Waals surface area contributed by atoms with Gasteiger partial charge in [0.25, 0.3) is 0 Å². The van der Waals surface area contributed by atoms with Crippen LogP contribution in [0.15, 0.2) is 190 Å². The number of benzene rings is 8. The Labute approximate surface area is 295 Å². The van der Waals surface area contributed by atoms with E-state index in [4.69, 9.17) is 14.4 Å². The molecule has 1 atom stereocenters. The van der Waals surface area contributed by atoms with Crippen molar-refractivity contribution in [3.05, 3.63) is 193 Å². The van der Waals surface area contributed by atoms with Crippen molar-refractivity contribution in [2.24, 2.45) is 9.98 Å². The SMILES string of the molecule is c1ccc(-c2ccc3cc(C4=NC(c5ccc(-c6ccccc6)c6oc7ccccc7c56)N=C(c5ccc6ccccc6c5)N4)ccc3c2)cc1. The number of para-hydroxylation sites is 1. The summed E-state index contributed by atoms with van der Waals surface area (Å²) in [7, 11) is 0. The lowest BCUT2D eigenvalue weighted by Crippen LogP contribution is -2.36. The van der Waals surface area contributed by atoms with Crippen molar-refractivity contribution in [1.82, 2.24) is 5.32 Å². The Bertz CT molecular complexity index is 2830. The third-order valence-electron chi connectivity index (χ3n) is 9.90. The summed E-state index contributed by atoms with van der Waals surface area (Å²) in [4.78, 5) is 10.7. The van der Waals surface area contributed by atoms with E-state index in [-0.39, 0.29) is 0 Å². The number of rotatable bonds is 5. The second-order valence-electron chi connectivity index (χ2n) is 13.0. The molecule has 0 bridgehead atoms. The molecule has 8 aromatic carbocycles. The van der Waals surface area contributed by atoms with Crippen molar-refractivity contribution < 1.29 is 4.42 Å². The van der Waals surface area contributed by atoms with Crippen LogP contribution in [0.3, 0.4) is 0 Å². The van der Waals surface area contributed by atoms with Crippen molar-refractivity contribution in [2.45, 2.75) is 6.17 Å². The highest BCUT2D eigenvalue weighted by atomic mass is 16.3. The molecule has 10 rings (SSSR count). The highest BCUT2D eigenvalue weighted by Crippen LogP contribution is 2.41. The first-order valence-electron chi connectivity index (χ1n) is 17.3. The van der Waals surface area contributed by atoms with Crippen LogP contribution in [0, 0.1) is 0 Å². The van der Waals surface area contributed by atoms with Gasteiger partial charge in [0.05, 0.1) is 0 Å². The lowest BCUT2D eigenvalue weighted by atomic mass is 9.96. The number of furan rings is 1. The fourth-order valence-electron chi connectivity index (χ4n) is 7.34. The minimum Gasteiger partial charge on any atom is -0.455 e. The monoisotopic (exact) mass is 653 g/mol. The number of hydrogen-bond donors (Lipinski definition) is 1. The molecule has 9 aromatic rings. The molecule has 1 N–H and O–H groups in total. The molecule has 1 aliphatic heterocycles. The number of aliphatic imine (C=N–C) groups is 2. The molecule has 2 heterocycles. The Morgan fingerprint density at radius 2 is 0.980 bits per heavy atom. The second-order valence-corrected chi connectivity index (χ2v) is 13.0. The van der Waals surface area contributed by atoms with Crippen molar-refractivity contribution in [3.63, 3.8) is 0 Å². The van der Waals surface area contributed by atoms with Crippen LogP contribution in [0.2, 0.25) is 0 Å². The molecule has 0 fully saturated rings. The lowest BCUT2D eigenvalue weighted by Gasteiger charge is -2.23. The van der Waals surface area contributed by atoms with Crippen molar-refractivity contribution >= 4 is 55.2 Å². The van der Waals surface area contributed by atoms with E-state index in [9.17, 15) is 0 Å². The largest absolute Gasteiger partial charge is 0.455 e. The van der Waals surface area contributed by atoms with Gasteiger partial charge in [-0.25, -0.2) is 9.98 Å². The quantitative estimate of drug-likeness (QED) is 0.201. The minimum absolute atomic E-state index is 0.507. The smallest absolute Gasteiger partial charge is 0.170 e. The molecule has 1 aliphatic rings. The molecule has 0 radical (unpaired) electrons. The standard InChI is InChI=1S/C47H31N3O/c1-3-11-30(12-4-1)34-20-21-36-29-38(24-22-35(36)27-34)46-48-45(37-23-19-31-13-7-8-16-33(31)28-37)49-47(50-46)41-26-25-39(32-14-5-2-6-15-32)44-43(41)40-17-9-10-18-42(40)51-44/h1-29,47H,(H,48,49,50). The maximum absolute atomic E-state index is 6.62. The van der Waals surface area contributed by atoms with E-state index in [1.54, 1.807) is 0 Å². The summed E-state index contributed by atoms with van der Waals surface area (Å²) >= 11 is 0. The third kappa shape index (κ3) is 5.17. The summed E-state index contributed by atoms with van der Waals surface area (Å²) in [5, 5.41) is 10.4. The summed E-state index contributed by atoms with van der Waals surface area (Å²) in [5.41, 5.74) is 9.26. The highest BCUT2D eigenvalue weighted by Gasteiger charge is 2.26. The predicted molar refractivity (Wildman–Crippen MR) is 211 cm³/mol. The van der Waals surface area contributed by atoms with Crippen LogP contribution in [0.5, 0.6) is 0 Å². The summed E-state index contributed by atoms with van der Waals surface area (Å²) in [6.45, 7) is 0. The Hall–Kier alpha value is -6.78. The van der Waals surface area contributed by atoms with Gasteiger partial charge in [-0.2, -0.15) is 0 Å². The van der Waals surface area contributed by atoms with Gasteiger partial charge in [0.1, 0.15) is 22.8 Å². The minimum atomic E-state index is -0.507. The molecule has 0 aliphatic carbocycles. The fraction of sp³-hybridized carbons (Fsp3) is 0.0213. The first-order chi connectivity index (χ1) is 25.2. The topological polar surface area (TPSA) is 49.9 Å². The van der Waals surface area contributed by atoms with E-state index in [1.165, 1.54) is 21.9 Å². The van der Waals surface area contributed by atoms with Gasteiger partial charge in [0, 0.05) is 33.0 Å². The molecule has 0 saturated carbocycles. The van der Waals surface area contributed by atoms with Crippen molar-refractivity contribution in [1.29, 1.82) is 0 Å². The summed E-state index contributed by atoms with van der Waals surface area (Å²) < 4.78 is 6.62. The number of nitrogens with zero attached hydrogens (tertiary/aromatic N) is 2. The number of fused-ring (bicyclic) bond motifs is 5. The molecular weight excluding hydrogens is 623 g/mol. The maximum Gasteiger partial charge on any atom is 0.170 e. The number of amidine groups is 2. The van der Waals surface area contributed by atoms with Gasteiger partial charge in [0.15, 0.2) is 6.17 Å². The summed E-state index contributed by atoms with van der Waals surface area (Å²) in [6.07, 6.45) is -0.507. The van der Waals surface area contributed by atoms with Gasteiger partial charge in [-0.3, -0.25) is 0 Å². The van der Waals surface area contributed by atoms with Crippen LogP contribution in [-0.4, -0.2) is 11.7 Å². The van der Waals surface area contributed by atoms with Crippen molar-refractivity contribution in [3.8, 4) is 22.3 Å². The lowest BCUT2D eigenvalue weighted by molar-refractivity contribution is 0.668. The van der Waals surface area contributed by atoms with E-state index in [0.717, 1.165) is 72.2 Å². The van der Waals surface area contributed by atoms with Gasteiger partial charge in [-0.05, 0) is 62.5 Å². The normalized spacial score (nSPS) is 14.5. The third-order valence-corrected chi connectivity index (χ3v) is 9.90. The molecule has 240 valence electrons. The van der Waals surface area contributed by atoms with Gasteiger partial charge in [-0.1, -0.05) is 152 Å². The van der Waals surface area contributed by atoms with E-state index in [0.29, 0.717) is 0 Å². The zero-order valence-electron chi connectivity index (χ0n) is 27.6. The molecule has 51 heavy (non-hydrogen) atoms. The second kappa shape index (κ2) is 12.0. The van der Waals surface area contributed by atoms with Crippen LogP contribution < -0.4 is 5.32 Å². The molecular formula is C47H31N3O. The van der Waals surface area contributed by atoms with Gasteiger partial charge in [-0.15, -0.1) is 0 Å². The van der Waals surface area contributed by atoms with Crippen molar-refractivity contribution in [2.75, 3.05) is 0 Å². The van der Waals surface area contributed by atoms with Gasteiger partial charge in [0.2, 0.25) is 0 Å². The first kappa shape index (κ1) is 29.2. The van der Waals surface area contributed by atoms with E-state index < -0.39 is 6.17 Å². The van der Waals surface area contributed by atoms with Crippen LogP contribution in [-0.2, 0) is 0 Å². The molecule has 1 unspecified atom stereocenters. The number of nitrogens with one attached hydrogen (secondary N) is 1. The van der Waals surface area contributed by atoms with Gasteiger partial charge >= 0.3 is 0 Å². The van der Waals surface area contributed by atoms with Crippen LogP contribution in [0.4, 0.5) is 0 Å². The van der Waals surface area contributed by atoms with Gasteiger partial charge < -0.3 is 9.73 Å². The first-order valence-corrected chi connectivity index (χ1v) is 17.3. The predicted octanol–water partition coefficient (Wildman–Crippen LogP) is 11.7. The number of hydrogen-bond acceptors (Lipinski definition) is 4. The zero-order chi connectivity index (χ0) is 33.7. The summed E-state index contributed by atoms with van der Waals surface area (Å²) in [6, 6.07) is 61.6. The molecule has 4 nitrogen and oxygen atoms in total. The van der Waals surface area contributed by atoms with Crippen LogP contribution in [0.25, 0.3) is 65.7 Å². The zero-order valence-corrected chi connectivity index (χ0v) is 27.6. The van der Waals surface area contributed by atoms with E-state index >= 15 is 0 Å². The Kier molecular flexibility index (Phi) is 6.85. The highest BCUT2D eigenvalue weighted by molar-refractivity contribution is 6.18. The Morgan fingerprint density at radius 3 is 1.71 bits per heavy atom. The summed E-state index contributed by atoms with van der Waals surface area (Å²) in [5.74, 6) is 1.56. The molecule has 0 saturated heterocycles. The van der Waals surface area contributed by atoms with Crippen LogP contribution >= 0.6 is 0 Å². The molecule has 0 spiro atoms. The maximum atomic E-state index is 6.62. The van der Waals surface area contributed by atoms with Crippen LogP contribution in [0.1, 0.15) is 22.9 Å². The Balaban J connectivity index is 1.15. The van der Waals surface area contributed by atoms with E-state index in [2.05, 4.69) is 163 Å². The average Bonchev–Trinajstić information content (AvgIpc) is 3.60. The van der Waals surface area contributed by atoms with E-state index in [1.807, 2.05) is 18.2 Å². The molecule has 0 amide bonds. The Morgan fingerprint density at radius 1 is 0.431 bits per heavy atom. The average molecular weight is 654 g/mol. The molecule has 1 aromatic heterocycles. The fourth-order valence-corrected chi connectivity index (χ4v) is 7.34.